The first kappa shape index (κ1) is 19.3. The van der Waals surface area contributed by atoms with Crippen molar-refractivity contribution in [1.82, 2.24) is 14.5 Å². The van der Waals surface area contributed by atoms with Crippen molar-refractivity contribution in [2.75, 3.05) is 11.9 Å². The van der Waals surface area contributed by atoms with E-state index in [1.807, 2.05) is 6.07 Å². The minimum atomic E-state index is -1.13. The number of anilines is 1. The molecular formula is C20H22N4O4. The van der Waals surface area contributed by atoms with Crippen molar-refractivity contribution >= 4 is 28.9 Å². The van der Waals surface area contributed by atoms with Crippen LogP contribution < -0.4 is 9.64 Å². The van der Waals surface area contributed by atoms with Crippen LogP contribution in [0.2, 0.25) is 0 Å². The Morgan fingerprint density at radius 3 is 2.39 bits per heavy atom. The molecule has 1 amide bonds. The summed E-state index contributed by atoms with van der Waals surface area (Å²) in [5.41, 5.74) is 1.69. The Bertz CT molecular complexity index is 1060. The number of carboxylic acids is 1. The Balaban J connectivity index is 2.18. The van der Waals surface area contributed by atoms with Crippen molar-refractivity contribution in [3.8, 4) is 5.75 Å². The second-order valence-corrected chi connectivity index (χ2v) is 6.74. The van der Waals surface area contributed by atoms with Gasteiger partial charge in [0.1, 0.15) is 0 Å². The van der Waals surface area contributed by atoms with Crippen LogP contribution in [-0.4, -0.2) is 44.7 Å². The van der Waals surface area contributed by atoms with Gasteiger partial charge in [-0.2, -0.15) is 0 Å². The van der Waals surface area contributed by atoms with E-state index in [4.69, 9.17) is 4.74 Å². The zero-order valence-electron chi connectivity index (χ0n) is 16.4. The minimum absolute atomic E-state index is 0.0303. The summed E-state index contributed by atoms with van der Waals surface area (Å²) < 4.78 is 7.20. The Kier molecular flexibility index (Phi) is 5.04. The largest absolute Gasteiger partial charge is 0.486 e. The molecule has 0 radical (unpaired) electrons. The quantitative estimate of drug-likeness (QED) is 0.728. The lowest BCUT2D eigenvalue weighted by molar-refractivity contribution is 0.0680. The second-order valence-electron chi connectivity index (χ2n) is 6.74. The summed E-state index contributed by atoms with van der Waals surface area (Å²) in [6.07, 6.45) is -0.251. The lowest BCUT2D eigenvalue weighted by Gasteiger charge is -2.18. The molecule has 0 fully saturated rings. The first-order valence-electron chi connectivity index (χ1n) is 8.82. The molecule has 8 heteroatoms. The summed E-state index contributed by atoms with van der Waals surface area (Å²) in [5, 5.41) is 9.62. The van der Waals surface area contributed by atoms with Gasteiger partial charge in [0.25, 0.3) is 5.91 Å². The molecule has 0 atom stereocenters. The minimum Gasteiger partial charge on any atom is -0.486 e. The van der Waals surface area contributed by atoms with E-state index < -0.39 is 5.97 Å². The van der Waals surface area contributed by atoms with Gasteiger partial charge in [-0.25, -0.2) is 14.8 Å². The number of carbonyl (C=O) groups is 2. The maximum atomic E-state index is 12.8. The van der Waals surface area contributed by atoms with Crippen LogP contribution in [0.5, 0.6) is 5.75 Å². The third-order valence-corrected chi connectivity index (χ3v) is 4.31. The molecule has 0 aliphatic heterocycles. The number of aromatic nitrogens is 3. The van der Waals surface area contributed by atoms with Crippen LogP contribution in [0.15, 0.2) is 30.3 Å². The van der Waals surface area contributed by atoms with Crippen LogP contribution in [0.4, 0.5) is 5.82 Å². The molecule has 2 heterocycles. The zero-order chi connectivity index (χ0) is 20.6. The number of amides is 1. The monoisotopic (exact) mass is 382 g/mol. The summed E-state index contributed by atoms with van der Waals surface area (Å²) in [5.74, 6) is -0.879. The van der Waals surface area contributed by atoms with E-state index in [1.165, 1.54) is 9.47 Å². The molecule has 0 spiro atoms. The predicted molar refractivity (Wildman–Crippen MR) is 105 cm³/mol. The molecule has 8 nitrogen and oxygen atoms in total. The van der Waals surface area contributed by atoms with Crippen LogP contribution in [-0.2, 0) is 7.05 Å². The topological polar surface area (TPSA) is 97.6 Å². The predicted octanol–water partition coefficient (Wildman–Crippen LogP) is 3.04. The number of aromatic carboxylic acids is 1. The van der Waals surface area contributed by atoms with Gasteiger partial charge < -0.3 is 14.4 Å². The van der Waals surface area contributed by atoms with Gasteiger partial charge in [-0.15, -0.1) is 0 Å². The molecule has 28 heavy (non-hydrogen) atoms. The number of aryl methyl sites for hydroxylation is 2. The highest BCUT2D eigenvalue weighted by Gasteiger charge is 2.27. The van der Waals surface area contributed by atoms with Crippen LogP contribution in [0.3, 0.4) is 0 Å². The normalized spacial score (nSPS) is 11.1. The number of nitrogens with zero attached hydrogens (tertiary/aromatic N) is 4. The van der Waals surface area contributed by atoms with Crippen molar-refractivity contribution in [3.05, 3.63) is 47.3 Å². The van der Waals surface area contributed by atoms with Crippen LogP contribution in [0.25, 0.3) is 11.2 Å². The van der Waals surface area contributed by atoms with Crippen molar-refractivity contribution in [2.24, 2.45) is 7.05 Å². The molecular weight excluding hydrogens is 360 g/mol. The second kappa shape index (κ2) is 7.30. The van der Waals surface area contributed by atoms with Crippen LogP contribution in [0, 0.1) is 6.92 Å². The molecule has 3 aromatic rings. The Hall–Kier alpha value is -3.42. The summed E-state index contributed by atoms with van der Waals surface area (Å²) in [4.78, 5) is 35.1. The molecule has 0 bridgehead atoms. The maximum Gasteiger partial charge on any atom is 0.356 e. The number of ether oxygens (including phenoxy) is 1. The van der Waals surface area contributed by atoms with Gasteiger partial charge in [0.2, 0.25) is 0 Å². The number of hydrogen-bond donors (Lipinski definition) is 1. The summed E-state index contributed by atoms with van der Waals surface area (Å²) >= 11 is 0. The fraction of sp³-hybridized carbons (Fsp3) is 0.300. The smallest absolute Gasteiger partial charge is 0.356 e. The number of carbonyl (C=O) groups excluding carboxylic acids is 1. The number of carboxylic acid groups (broad SMARTS) is 1. The van der Waals surface area contributed by atoms with Crippen LogP contribution >= 0.6 is 0 Å². The highest BCUT2D eigenvalue weighted by atomic mass is 16.5. The number of hydrogen-bond acceptors (Lipinski definition) is 5. The SMILES string of the molecule is Cc1nc2c(nc1N(C)C(=O)c1ccccc1)c(OC(C)C)c(C(=O)O)n2C. The van der Waals surface area contributed by atoms with E-state index in [0.717, 1.165) is 0 Å². The van der Waals surface area contributed by atoms with Crippen LogP contribution in [0.1, 0.15) is 40.4 Å². The molecule has 0 saturated carbocycles. The zero-order valence-corrected chi connectivity index (χ0v) is 16.4. The first-order chi connectivity index (χ1) is 13.2. The van der Waals surface area contributed by atoms with E-state index in [9.17, 15) is 14.7 Å². The van der Waals surface area contributed by atoms with Crippen molar-refractivity contribution in [3.63, 3.8) is 0 Å². The highest BCUT2D eigenvalue weighted by Crippen LogP contribution is 2.33. The van der Waals surface area contributed by atoms with Gasteiger partial charge >= 0.3 is 5.97 Å². The van der Waals surface area contributed by atoms with Gasteiger partial charge in [0.05, 0.1) is 11.8 Å². The lowest BCUT2D eigenvalue weighted by atomic mass is 10.2. The van der Waals surface area contributed by atoms with E-state index >= 15 is 0 Å². The van der Waals surface area contributed by atoms with Gasteiger partial charge in [0, 0.05) is 19.7 Å². The van der Waals surface area contributed by atoms with E-state index in [2.05, 4.69) is 9.97 Å². The average Bonchev–Trinajstić information content (AvgIpc) is 2.91. The van der Waals surface area contributed by atoms with Gasteiger partial charge in [0.15, 0.2) is 28.4 Å². The maximum absolute atomic E-state index is 12.8. The Labute approximate surface area is 162 Å². The number of benzene rings is 1. The fourth-order valence-corrected chi connectivity index (χ4v) is 3.03. The van der Waals surface area contributed by atoms with E-state index in [1.54, 1.807) is 59.1 Å². The first-order valence-corrected chi connectivity index (χ1v) is 8.82. The molecule has 0 aliphatic rings. The fourth-order valence-electron chi connectivity index (χ4n) is 3.03. The molecule has 0 saturated heterocycles. The summed E-state index contributed by atoms with van der Waals surface area (Å²) in [6, 6.07) is 8.85. The Morgan fingerprint density at radius 1 is 1.18 bits per heavy atom. The summed E-state index contributed by atoms with van der Waals surface area (Å²) in [7, 11) is 3.22. The van der Waals surface area contributed by atoms with Crippen molar-refractivity contribution in [2.45, 2.75) is 26.9 Å². The van der Waals surface area contributed by atoms with Crippen molar-refractivity contribution < 1.29 is 19.4 Å². The highest BCUT2D eigenvalue weighted by molar-refractivity contribution is 6.06. The van der Waals surface area contributed by atoms with E-state index in [0.29, 0.717) is 28.2 Å². The molecule has 0 aliphatic carbocycles. The average molecular weight is 382 g/mol. The third-order valence-electron chi connectivity index (χ3n) is 4.31. The van der Waals surface area contributed by atoms with E-state index in [-0.39, 0.29) is 23.5 Å². The molecule has 146 valence electrons. The number of fused-ring (bicyclic) bond motifs is 1. The molecule has 1 N–H and O–H groups in total. The van der Waals surface area contributed by atoms with Gasteiger partial charge in [-0.1, -0.05) is 18.2 Å². The van der Waals surface area contributed by atoms with Crippen molar-refractivity contribution in [1.29, 1.82) is 0 Å². The molecule has 2 aromatic heterocycles. The van der Waals surface area contributed by atoms with Gasteiger partial charge in [-0.3, -0.25) is 9.69 Å². The Morgan fingerprint density at radius 2 is 1.82 bits per heavy atom. The lowest BCUT2D eigenvalue weighted by Crippen LogP contribution is -2.28. The standard InChI is InChI=1S/C20H22N4O4/c1-11(2)28-16-14-18(23(4)15(16)20(26)27)21-12(3)17(22-14)24(5)19(25)13-9-7-6-8-10-13/h6-11H,1-5H3,(H,26,27). The molecule has 1 aromatic carbocycles. The molecule has 3 rings (SSSR count). The van der Waals surface area contributed by atoms with Gasteiger partial charge in [-0.05, 0) is 32.9 Å². The molecule has 0 unspecified atom stereocenters. The summed E-state index contributed by atoms with van der Waals surface area (Å²) in [6.45, 7) is 5.34. The number of rotatable bonds is 5. The third kappa shape index (κ3) is 3.28.